The van der Waals surface area contributed by atoms with Crippen LogP contribution in [0.1, 0.15) is 25.8 Å². The molecule has 3 N–H and O–H groups in total. The lowest BCUT2D eigenvalue weighted by molar-refractivity contribution is 0.293. The molecule has 0 saturated carbocycles. The smallest absolute Gasteiger partial charge is 0.241 e. The van der Waals surface area contributed by atoms with Crippen LogP contribution in [0.4, 0.5) is 5.69 Å². The number of anilines is 1. The molecule has 21 heavy (non-hydrogen) atoms. The second kappa shape index (κ2) is 7.98. The highest BCUT2D eigenvalue weighted by Gasteiger charge is 2.18. The molecule has 7 heteroatoms. The lowest BCUT2D eigenvalue weighted by Gasteiger charge is -2.19. The largest absolute Gasteiger partial charge is 0.399 e. The van der Waals surface area contributed by atoms with Gasteiger partial charge in [-0.05, 0) is 37.7 Å². The zero-order valence-electron chi connectivity index (χ0n) is 12.5. The Kier molecular flexibility index (Phi) is 6.62. The van der Waals surface area contributed by atoms with Crippen LogP contribution >= 0.6 is 0 Å². The van der Waals surface area contributed by atoms with E-state index in [2.05, 4.69) is 16.5 Å². The van der Waals surface area contributed by atoms with Gasteiger partial charge in [-0.15, -0.1) is 0 Å². The first-order chi connectivity index (χ1) is 9.94. The van der Waals surface area contributed by atoms with E-state index in [1.165, 1.54) is 18.2 Å². The highest BCUT2D eigenvalue weighted by molar-refractivity contribution is 7.89. The third kappa shape index (κ3) is 5.01. The number of sulfonamides is 1. The molecule has 0 aliphatic rings. The van der Waals surface area contributed by atoms with Gasteiger partial charge in [-0.25, -0.2) is 13.1 Å². The summed E-state index contributed by atoms with van der Waals surface area (Å²) in [6.45, 7) is 6.88. The predicted octanol–water partition coefficient (Wildman–Crippen LogP) is 1.15. The minimum Gasteiger partial charge on any atom is -0.399 e. The van der Waals surface area contributed by atoms with Gasteiger partial charge < -0.3 is 10.6 Å². The van der Waals surface area contributed by atoms with Crippen molar-refractivity contribution in [3.63, 3.8) is 0 Å². The maximum Gasteiger partial charge on any atom is 0.241 e. The molecular formula is C14H22N4O2S. The number of nitrogens with one attached hydrogen (secondary N) is 1. The Morgan fingerprint density at radius 1 is 1.33 bits per heavy atom. The summed E-state index contributed by atoms with van der Waals surface area (Å²) >= 11 is 0. The average Bonchev–Trinajstić information content (AvgIpc) is 2.45. The molecule has 0 aromatic heterocycles. The number of benzene rings is 1. The molecule has 0 atom stereocenters. The molecule has 0 radical (unpaired) electrons. The second-order valence-electron chi connectivity index (χ2n) is 4.70. The van der Waals surface area contributed by atoms with E-state index >= 15 is 0 Å². The Bertz CT molecular complexity index is 608. The first kappa shape index (κ1) is 17.4. The van der Waals surface area contributed by atoms with Crippen molar-refractivity contribution in [2.45, 2.75) is 25.2 Å². The zero-order valence-corrected chi connectivity index (χ0v) is 13.3. The maximum absolute atomic E-state index is 12.2. The summed E-state index contributed by atoms with van der Waals surface area (Å²) in [5.74, 6) is 0. The van der Waals surface area contributed by atoms with E-state index in [1.54, 1.807) is 0 Å². The van der Waals surface area contributed by atoms with E-state index < -0.39 is 10.0 Å². The number of nitriles is 1. The van der Waals surface area contributed by atoms with Crippen LogP contribution in [0.2, 0.25) is 0 Å². The van der Waals surface area contributed by atoms with Crippen LogP contribution in [0.15, 0.2) is 23.1 Å². The molecule has 0 aliphatic heterocycles. The van der Waals surface area contributed by atoms with Crippen molar-refractivity contribution in [3.8, 4) is 6.07 Å². The number of nitrogens with two attached hydrogens (primary N) is 1. The first-order valence-corrected chi connectivity index (χ1v) is 8.44. The van der Waals surface area contributed by atoms with Crippen LogP contribution < -0.4 is 10.5 Å². The Morgan fingerprint density at radius 2 is 2.05 bits per heavy atom. The highest BCUT2D eigenvalue weighted by atomic mass is 32.2. The fourth-order valence-corrected chi connectivity index (χ4v) is 3.19. The molecule has 1 aromatic carbocycles. The molecule has 1 rings (SSSR count). The Hall–Kier alpha value is -1.62. The van der Waals surface area contributed by atoms with Crippen LogP contribution in [0.25, 0.3) is 0 Å². The average molecular weight is 310 g/mol. The second-order valence-corrected chi connectivity index (χ2v) is 6.43. The third-order valence-corrected chi connectivity index (χ3v) is 4.64. The molecule has 6 nitrogen and oxygen atoms in total. The van der Waals surface area contributed by atoms with Gasteiger partial charge in [0, 0.05) is 18.8 Å². The standard InChI is InChI=1S/C14H22N4O2S/c1-3-8-18(4-2)9-7-17-21(19,20)14-6-5-13(16)10-12(14)11-15/h5-6,10,17H,3-4,7-9,16H2,1-2H3. The van der Waals surface area contributed by atoms with Gasteiger partial charge in [-0.3, -0.25) is 0 Å². The summed E-state index contributed by atoms with van der Waals surface area (Å²) in [7, 11) is -3.69. The summed E-state index contributed by atoms with van der Waals surface area (Å²) in [5, 5.41) is 9.02. The van der Waals surface area contributed by atoms with Crippen molar-refractivity contribution in [3.05, 3.63) is 23.8 Å². The van der Waals surface area contributed by atoms with Crippen molar-refractivity contribution in [2.24, 2.45) is 0 Å². The van der Waals surface area contributed by atoms with Crippen molar-refractivity contribution >= 4 is 15.7 Å². The molecule has 0 heterocycles. The molecule has 116 valence electrons. The number of rotatable bonds is 8. The molecule has 0 bridgehead atoms. The van der Waals surface area contributed by atoms with E-state index in [-0.39, 0.29) is 10.5 Å². The van der Waals surface area contributed by atoms with Gasteiger partial charge in [0.25, 0.3) is 0 Å². The molecule has 0 unspecified atom stereocenters. The van der Waals surface area contributed by atoms with Crippen LogP contribution in [-0.4, -0.2) is 39.5 Å². The van der Waals surface area contributed by atoms with Gasteiger partial charge >= 0.3 is 0 Å². The SMILES string of the molecule is CCCN(CC)CCNS(=O)(=O)c1ccc(N)cc1C#N. The van der Waals surface area contributed by atoms with E-state index in [1.807, 2.05) is 13.0 Å². The Labute approximate surface area is 126 Å². The highest BCUT2D eigenvalue weighted by Crippen LogP contribution is 2.17. The van der Waals surface area contributed by atoms with E-state index in [0.717, 1.165) is 19.5 Å². The lowest BCUT2D eigenvalue weighted by Crippen LogP contribution is -2.35. The van der Waals surface area contributed by atoms with Gasteiger partial charge in [-0.1, -0.05) is 13.8 Å². The van der Waals surface area contributed by atoms with Crippen molar-refractivity contribution in [1.29, 1.82) is 5.26 Å². The minimum atomic E-state index is -3.69. The van der Waals surface area contributed by atoms with Crippen LogP contribution in [0, 0.1) is 11.3 Å². The van der Waals surface area contributed by atoms with Gasteiger partial charge in [-0.2, -0.15) is 5.26 Å². The van der Waals surface area contributed by atoms with Crippen molar-refractivity contribution in [1.82, 2.24) is 9.62 Å². The Balaban J connectivity index is 2.77. The van der Waals surface area contributed by atoms with E-state index in [9.17, 15) is 8.42 Å². The monoisotopic (exact) mass is 310 g/mol. The van der Waals surface area contributed by atoms with Gasteiger partial charge in [0.15, 0.2) is 0 Å². The Morgan fingerprint density at radius 3 is 2.62 bits per heavy atom. The molecule has 1 aromatic rings. The number of hydrogen-bond acceptors (Lipinski definition) is 5. The number of hydrogen-bond donors (Lipinski definition) is 2. The van der Waals surface area contributed by atoms with Crippen molar-refractivity contribution < 1.29 is 8.42 Å². The normalized spacial score (nSPS) is 11.5. The number of likely N-dealkylation sites (N-methyl/N-ethyl adjacent to an activating group) is 1. The van der Waals surface area contributed by atoms with Crippen LogP contribution in [0.3, 0.4) is 0 Å². The van der Waals surface area contributed by atoms with Crippen molar-refractivity contribution in [2.75, 3.05) is 31.9 Å². The lowest BCUT2D eigenvalue weighted by atomic mass is 10.2. The summed E-state index contributed by atoms with van der Waals surface area (Å²) in [6.07, 6.45) is 1.02. The topological polar surface area (TPSA) is 99.2 Å². The van der Waals surface area contributed by atoms with Crippen LogP contribution in [-0.2, 0) is 10.0 Å². The van der Waals surface area contributed by atoms with Gasteiger partial charge in [0.1, 0.15) is 6.07 Å². The van der Waals surface area contributed by atoms with E-state index in [4.69, 9.17) is 11.0 Å². The van der Waals surface area contributed by atoms with Gasteiger partial charge in [0.2, 0.25) is 10.0 Å². The predicted molar refractivity (Wildman–Crippen MR) is 83.2 cm³/mol. The fraction of sp³-hybridized carbons (Fsp3) is 0.500. The van der Waals surface area contributed by atoms with Gasteiger partial charge in [0.05, 0.1) is 10.5 Å². The molecule has 0 fully saturated rings. The molecule has 0 aliphatic carbocycles. The number of nitrogen functional groups attached to an aromatic ring is 1. The summed E-state index contributed by atoms with van der Waals surface area (Å²) in [4.78, 5) is 2.13. The summed E-state index contributed by atoms with van der Waals surface area (Å²) in [6, 6.07) is 6.07. The fourth-order valence-electron chi connectivity index (χ4n) is 2.03. The summed E-state index contributed by atoms with van der Waals surface area (Å²) in [5.41, 5.74) is 5.99. The molecule has 0 spiro atoms. The minimum absolute atomic E-state index is 0.0299. The molecular weight excluding hydrogens is 288 g/mol. The third-order valence-electron chi connectivity index (χ3n) is 3.12. The molecule has 0 amide bonds. The van der Waals surface area contributed by atoms with Crippen LogP contribution in [0.5, 0.6) is 0 Å². The first-order valence-electron chi connectivity index (χ1n) is 6.96. The van der Waals surface area contributed by atoms with E-state index in [0.29, 0.717) is 18.8 Å². The maximum atomic E-state index is 12.2. The zero-order chi connectivity index (χ0) is 15.9. The quantitative estimate of drug-likeness (QED) is 0.702. The molecule has 0 saturated heterocycles. The summed E-state index contributed by atoms with van der Waals surface area (Å²) < 4.78 is 27.0. The number of nitrogens with zero attached hydrogens (tertiary/aromatic N) is 2.